The van der Waals surface area contributed by atoms with Crippen LogP contribution in [0.1, 0.15) is 37.4 Å². The molecule has 7 rings (SSSR count). The molecule has 2 aromatic carbocycles. The number of fused-ring (bicyclic) bond motifs is 6. The molecular formula is C30H22N2O3S2. The molecule has 37 heavy (non-hydrogen) atoms. The van der Waals surface area contributed by atoms with Crippen LogP contribution in [-0.4, -0.2) is 29.6 Å². The summed E-state index contributed by atoms with van der Waals surface area (Å²) in [6, 6.07) is 21.5. The van der Waals surface area contributed by atoms with Gasteiger partial charge < -0.3 is 10.2 Å². The van der Waals surface area contributed by atoms with Crippen molar-refractivity contribution in [2.75, 3.05) is 10.2 Å². The Kier molecular flexibility index (Phi) is 4.90. The molecule has 1 saturated heterocycles. The number of hydrogen-bond donors (Lipinski definition) is 1. The maximum absolute atomic E-state index is 14.5. The predicted octanol–water partition coefficient (Wildman–Crippen LogP) is 6.06. The van der Waals surface area contributed by atoms with Gasteiger partial charge in [-0.3, -0.25) is 14.4 Å². The maximum Gasteiger partial charge on any atom is 0.238 e. The Balaban J connectivity index is 1.57. The third kappa shape index (κ3) is 2.92. The maximum atomic E-state index is 14.5. The zero-order chi connectivity index (χ0) is 25.3. The summed E-state index contributed by atoms with van der Waals surface area (Å²) >= 11 is 2.72. The highest BCUT2D eigenvalue weighted by Crippen LogP contribution is 2.59. The van der Waals surface area contributed by atoms with Gasteiger partial charge in [-0.25, -0.2) is 0 Å². The smallest absolute Gasteiger partial charge is 0.238 e. The lowest BCUT2D eigenvalue weighted by atomic mass is 9.64. The van der Waals surface area contributed by atoms with E-state index in [1.165, 1.54) is 22.7 Å². The molecule has 5 nitrogen and oxygen atoms in total. The van der Waals surface area contributed by atoms with Crippen LogP contribution in [0.2, 0.25) is 0 Å². The molecule has 0 bridgehead atoms. The van der Waals surface area contributed by atoms with Crippen molar-refractivity contribution in [3.8, 4) is 0 Å². The highest BCUT2D eigenvalue weighted by atomic mass is 32.1. The Hall–Kier alpha value is -3.81. The number of ketones is 2. The van der Waals surface area contributed by atoms with Crippen LogP contribution in [0.5, 0.6) is 0 Å². The van der Waals surface area contributed by atoms with E-state index in [4.69, 9.17) is 0 Å². The molecule has 4 atom stereocenters. The first-order chi connectivity index (χ1) is 18.0. The van der Waals surface area contributed by atoms with E-state index >= 15 is 0 Å². The number of amides is 1. The van der Waals surface area contributed by atoms with Crippen molar-refractivity contribution in [3.05, 3.63) is 111 Å². The molecule has 0 radical (unpaired) electrons. The van der Waals surface area contributed by atoms with Gasteiger partial charge in [-0.05, 0) is 53.1 Å². The van der Waals surface area contributed by atoms with Gasteiger partial charge in [-0.15, -0.1) is 22.7 Å². The monoisotopic (exact) mass is 522 g/mol. The van der Waals surface area contributed by atoms with Gasteiger partial charge in [0.05, 0.1) is 21.7 Å². The summed E-state index contributed by atoms with van der Waals surface area (Å²) in [6.45, 7) is 2.03. The van der Waals surface area contributed by atoms with Crippen molar-refractivity contribution in [2.24, 2.45) is 5.92 Å². The number of thiophene rings is 2. The number of carbonyl (C=O) groups is 3. The second-order valence-corrected chi connectivity index (χ2v) is 11.6. The fourth-order valence-corrected chi connectivity index (χ4v) is 7.93. The first kappa shape index (κ1) is 22.4. The van der Waals surface area contributed by atoms with E-state index < -0.39 is 23.4 Å². The first-order valence-corrected chi connectivity index (χ1v) is 13.9. The van der Waals surface area contributed by atoms with Gasteiger partial charge in [-0.2, -0.15) is 0 Å². The number of carbonyl (C=O) groups excluding carboxylic acids is 3. The van der Waals surface area contributed by atoms with Crippen molar-refractivity contribution in [1.82, 2.24) is 0 Å². The predicted molar refractivity (Wildman–Crippen MR) is 148 cm³/mol. The molecule has 0 saturated carbocycles. The molecule has 4 aromatic rings. The van der Waals surface area contributed by atoms with Gasteiger partial charge in [0.1, 0.15) is 11.5 Å². The van der Waals surface area contributed by atoms with E-state index in [9.17, 15) is 14.4 Å². The topological polar surface area (TPSA) is 66.5 Å². The Labute approximate surface area is 222 Å². The number of benzene rings is 2. The summed E-state index contributed by atoms with van der Waals surface area (Å²) < 4.78 is 0. The average molecular weight is 523 g/mol. The molecule has 2 aromatic heterocycles. The molecule has 1 amide bonds. The van der Waals surface area contributed by atoms with Crippen LogP contribution >= 0.6 is 22.7 Å². The molecular weight excluding hydrogens is 500 g/mol. The highest BCUT2D eigenvalue weighted by Gasteiger charge is 2.70. The Morgan fingerprint density at radius 2 is 1.54 bits per heavy atom. The minimum absolute atomic E-state index is 0.133. The molecule has 0 unspecified atom stereocenters. The number of nitrogens with zero attached hydrogens (tertiary/aromatic N) is 1. The number of anilines is 2. The highest BCUT2D eigenvalue weighted by molar-refractivity contribution is 7.12. The van der Waals surface area contributed by atoms with Crippen molar-refractivity contribution >= 4 is 57.1 Å². The van der Waals surface area contributed by atoms with E-state index in [1.54, 1.807) is 12.1 Å². The Morgan fingerprint density at radius 1 is 0.865 bits per heavy atom. The van der Waals surface area contributed by atoms with E-state index in [0.717, 1.165) is 22.4 Å². The molecule has 1 fully saturated rings. The van der Waals surface area contributed by atoms with E-state index in [0.29, 0.717) is 15.4 Å². The molecule has 5 heterocycles. The average Bonchev–Trinajstić information content (AvgIpc) is 3.71. The fraction of sp³-hybridized carbons (Fsp3) is 0.167. The van der Waals surface area contributed by atoms with Crippen molar-refractivity contribution in [2.45, 2.75) is 24.4 Å². The van der Waals surface area contributed by atoms with Crippen LogP contribution in [0, 0.1) is 5.92 Å². The summed E-state index contributed by atoms with van der Waals surface area (Å²) in [4.78, 5) is 46.3. The standard InChI is InChI=1S/C30H22N2O3S2/c1-17-16-24-30(19-9-3-4-10-20(19)31-29(30)35)25(27(33)22-12-6-14-36-22)26(28(34)23-13-7-15-37-23)32(24)21-11-5-2-8-18(17)21/h2-16,24-26H,1H3,(H,31,35)/t24-,25-,26-,30+/m0/s1. The van der Waals surface area contributed by atoms with Gasteiger partial charge in [-0.1, -0.05) is 54.6 Å². The van der Waals surface area contributed by atoms with Gasteiger partial charge in [0, 0.05) is 16.9 Å². The van der Waals surface area contributed by atoms with Gasteiger partial charge in [0.15, 0.2) is 11.6 Å². The third-order valence-electron chi connectivity index (χ3n) is 7.96. The number of Topliss-reactive ketones (excluding diaryl/α,β-unsaturated/α-hetero) is 2. The van der Waals surface area contributed by atoms with Crippen molar-refractivity contribution < 1.29 is 14.4 Å². The second kappa shape index (κ2) is 8.10. The van der Waals surface area contributed by atoms with Crippen LogP contribution in [0.15, 0.2) is 89.6 Å². The van der Waals surface area contributed by atoms with Crippen LogP contribution in [0.4, 0.5) is 11.4 Å². The van der Waals surface area contributed by atoms with Crippen LogP contribution in [0.25, 0.3) is 5.57 Å². The Morgan fingerprint density at radius 3 is 2.27 bits per heavy atom. The SMILES string of the molecule is CC1=C[C@@H]2N(c3ccccc31)[C@H](C(=O)c1cccs1)[C@@H](C(=O)c1cccs1)[C@]21C(=O)Nc2ccccc21. The quantitative estimate of drug-likeness (QED) is 0.331. The largest absolute Gasteiger partial charge is 0.352 e. The second-order valence-electron chi connectivity index (χ2n) is 9.69. The van der Waals surface area contributed by atoms with E-state index in [-0.39, 0.29) is 17.5 Å². The van der Waals surface area contributed by atoms with E-state index in [2.05, 4.69) is 16.3 Å². The number of hydrogen-bond acceptors (Lipinski definition) is 6. The molecule has 1 spiro atoms. The van der Waals surface area contributed by atoms with Crippen LogP contribution in [0.3, 0.4) is 0 Å². The first-order valence-electron chi connectivity index (χ1n) is 12.2. The fourth-order valence-electron chi connectivity index (χ4n) is 6.52. The Bertz CT molecular complexity index is 1610. The molecule has 182 valence electrons. The number of nitrogens with one attached hydrogen (secondary N) is 1. The minimum Gasteiger partial charge on any atom is -0.352 e. The van der Waals surface area contributed by atoms with Gasteiger partial charge in [0.2, 0.25) is 5.91 Å². The zero-order valence-corrected chi connectivity index (χ0v) is 21.5. The number of para-hydroxylation sites is 2. The summed E-state index contributed by atoms with van der Waals surface area (Å²) in [5.41, 5.74) is 3.12. The summed E-state index contributed by atoms with van der Waals surface area (Å²) in [7, 11) is 0. The summed E-state index contributed by atoms with van der Waals surface area (Å²) in [5.74, 6) is -1.45. The molecule has 3 aliphatic heterocycles. The molecule has 1 N–H and O–H groups in total. The number of rotatable bonds is 4. The van der Waals surface area contributed by atoms with Gasteiger partial charge >= 0.3 is 0 Å². The zero-order valence-electron chi connectivity index (χ0n) is 19.9. The molecule has 7 heteroatoms. The number of allylic oxidation sites excluding steroid dienone is 1. The molecule has 0 aliphatic carbocycles. The van der Waals surface area contributed by atoms with Crippen LogP contribution < -0.4 is 10.2 Å². The van der Waals surface area contributed by atoms with Crippen molar-refractivity contribution in [3.63, 3.8) is 0 Å². The lowest BCUT2D eigenvalue weighted by Crippen LogP contribution is -2.51. The van der Waals surface area contributed by atoms with Gasteiger partial charge in [0.25, 0.3) is 0 Å². The van der Waals surface area contributed by atoms with Crippen molar-refractivity contribution in [1.29, 1.82) is 0 Å². The van der Waals surface area contributed by atoms with Crippen LogP contribution in [-0.2, 0) is 10.2 Å². The third-order valence-corrected chi connectivity index (χ3v) is 9.73. The van der Waals surface area contributed by atoms with E-state index in [1.807, 2.05) is 78.3 Å². The summed E-state index contributed by atoms with van der Waals surface area (Å²) in [5, 5.41) is 6.81. The summed E-state index contributed by atoms with van der Waals surface area (Å²) in [6.07, 6.45) is 2.08. The normalized spacial score (nSPS) is 25.3. The minimum atomic E-state index is -1.26. The lowest BCUT2D eigenvalue weighted by Gasteiger charge is -2.39. The lowest BCUT2D eigenvalue weighted by molar-refractivity contribution is -0.121. The molecule has 3 aliphatic rings.